The smallest absolute Gasteiger partial charge is 0.137 e. The second-order valence-corrected chi connectivity index (χ2v) is 5.33. The Morgan fingerprint density at radius 1 is 1.38 bits per heavy atom. The molecule has 0 aliphatic heterocycles. The summed E-state index contributed by atoms with van der Waals surface area (Å²) in [6, 6.07) is 0. The second-order valence-electron chi connectivity index (χ2n) is 5.33. The fourth-order valence-electron chi connectivity index (χ4n) is 1.33. The van der Waals surface area contributed by atoms with Crippen LogP contribution in [0.4, 0.5) is 0 Å². The van der Waals surface area contributed by atoms with E-state index in [4.69, 9.17) is 0 Å². The molecule has 4 heteroatoms. The number of nitrogens with zero attached hydrogens (tertiary/aromatic N) is 3. The van der Waals surface area contributed by atoms with Crippen LogP contribution in [-0.2, 0) is 6.54 Å². The highest BCUT2D eigenvalue weighted by molar-refractivity contribution is 4.74. The Morgan fingerprint density at radius 2 is 2.12 bits per heavy atom. The molecule has 4 nitrogen and oxygen atoms in total. The number of hydrogen-bond donors (Lipinski definition) is 1. The molecule has 1 N–H and O–H groups in total. The highest BCUT2D eigenvalue weighted by atomic mass is 15.3. The van der Waals surface area contributed by atoms with Gasteiger partial charge in [-0.05, 0) is 24.3 Å². The lowest BCUT2D eigenvalue weighted by Gasteiger charge is -2.29. The predicted octanol–water partition coefficient (Wildman–Crippen LogP) is 1.94. The van der Waals surface area contributed by atoms with Crippen molar-refractivity contribution in [1.29, 1.82) is 0 Å². The van der Waals surface area contributed by atoms with E-state index in [0.717, 1.165) is 26.1 Å². The minimum absolute atomic E-state index is 0.368. The monoisotopic (exact) mass is 224 g/mol. The summed E-state index contributed by atoms with van der Waals surface area (Å²) in [6.07, 6.45) is 4.44. The summed E-state index contributed by atoms with van der Waals surface area (Å²) in [4.78, 5) is 3.91. The molecule has 0 bridgehead atoms. The number of nitrogens with one attached hydrogen (secondary N) is 1. The predicted molar refractivity (Wildman–Crippen MR) is 66.1 cm³/mol. The maximum atomic E-state index is 4.07. The van der Waals surface area contributed by atoms with Crippen LogP contribution in [-0.4, -0.2) is 27.9 Å². The van der Waals surface area contributed by atoms with Gasteiger partial charge in [0.25, 0.3) is 0 Å². The van der Waals surface area contributed by atoms with Crippen LogP contribution in [0.2, 0.25) is 0 Å². The lowest BCUT2D eigenvalue weighted by atomic mass is 9.81. The maximum absolute atomic E-state index is 4.07. The van der Waals surface area contributed by atoms with E-state index in [2.05, 4.69) is 43.1 Å². The molecule has 16 heavy (non-hydrogen) atoms. The van der Waals surface area contributed by atoms with Crippen LogP contribution in [0.25, 0.3) is 0 Å². The van der Waals surface area contributed by atoms with Gasteiger partial charge in [-0.1, -0.05) is 27.7 Å². The van der Waals surface area contributed by atoms with E-state index in [-0.39, 0.29) is 0 Å². The molecule has 1 aromatic heterocycles. The van der Waals surface area contributed by atoms with Gasteiger partial charge in [0.2, 0.25) is 0 Å². The summed E-state index contributed by atoms with van der Waals surface area (Å²) >= 11 is 0. The van der Waals surface area contributed by atoms with Gasteiger partial charge < -0.3 is 5.32 Å². The molecule has 92 valence electrons. The molecule has 0 aromatic carbocycles. The molecule has 0 spiro atoms. The molecule has 0 saturated heterocycles. The van der Waals surface area contributed by atoms with Crippen LogP contribution in [0.5, 0.6) is 0 Å². The first-order valence-electron chi connectivity index (χ1n) is 6.05. The van der Waals surface area contributed by atoms with Gasteiger partial charge in [-0.15, -0.1) is 0 Å². The zero-order chi connectivity index (χ0) is 12.0. The summed E-state index contributed by atoms with van der Waals surface area (Å²) < 4.78 is 1.87. The molecule has 0 aliphatic carbocycles. The standard InChI is InChI=1S/C12H24N4/c1-11(2)12(3,4)8-13-6-5-7-16-10-14-9-15-16/h9-11,13H,5-8H2,1-4H3. The van der Waals surface area contributed by atoms with E-state index in [0.29, 0.717) is 11.3 Å². The molecule has 0 saturated carbocycles. The van der Waals surface area contributed by atoms with Gasteiger partial charge in [0.1, 0.15) is 12.7 Å². The van der Waals surface area contributed by atoms with Crippen LogP contribution in [0.1, 0.15) is 34.1 Å². The van der Waals surface area contributed by atoms with Gasteiger partial charge in [0.05, 0.1) is 0 Å². The Kier molecular flexibility index (Phi) is 4.93. The molecule has 0 aliphatic rings. The summed E-state index contributed by atoms with van der Waals surface area (Å²) in [5, 5.41) is 7.58. The van der Waals surface area contributed by atoms with Crippen LogP contribution in [0.3, 0.4) is 0 Å². The zero-order valence-corrected chi connectivity index (χ0v) is 10.9. The lowest BCUT2D eigenvalue weighted by molar-refractivity contribution is 0.238. The second kappa shape index (κ2) is 5.99. The highest BCUT2D eigenvalue weighted by Gasteiger charge is 2.21. The van der Waals surface area contributed by atoms with Crippen molar-refractivity contribution in [1.82, 2.24) is 20.1 Å². The summed E-state index contributed by atoms with van der Waals surface area (Å²) in [6.45, 7) is 12.2. The Hall–Kier alpha value is -0.900. The SMILES string of the molecule is CC(C)C(C)(C)CNCCCn1cncn1. The van der Waals surface area contributed by atoms with E-state index >= 15 is 0 Å². The lowest BCUT2D eigenvalue weighted by Crippen LogP contribution is -2.34. The quantitative estimate of drug-likeness (QED) is 0.720. The first-order valence-corrected chi connectivity index (χ1v) is 6.05. The van der Waals surface area contributed by atoms with Crippen LogP contribution in [0, 0.1) is 11.3 Å². The van der Waals surface area contributed by atoms with Crippen LogP contribution >= 0.6 is 0 Å². The van der Waals surface area contributed by atoms with E-state index in [1.807, 2.05) is 4.68 Å². The third-order valence-corrected chi connectivity index (χ3v) is 3.35. The average molecular weight is 224 g/mol. The highest BCUT2D eigenvalue weighted by Crippen LogP contribution is 2.24. The van der Waals surface area contributed by atoms with Gasteiger partial charge >= 0.3 is 0 Å². The summed E-state index contributed by atoms with van der Waals surface area (Å²) in [7, 11) is 0. The first-order chi connectivity index (χ1) is 7.52. The molecule has 0 atom stereocenters. The van der Waals surface area contributed by atoms with Crippen LogP contribution < -0.4 is 5.32 Å². The minimum atomic E-state index is 0.368. The average Bonchev–Trinajstić information content (AvgIpc) is 2.69. The third-order valence-electron chi connectivity index (χ3n) is 3.35. The van der Waals surface area contributed by atoms with E-state index in [1.54, 1.807) is 12.7 Å². The van der Waals surface area contributed by atoms with Gasteiger partial charge in [0.15, 0.2) is 0 Å². The van der Waals surface area contributed by atoms with Crippen molar-refractivity contribution in [3.05, 3.63) is 12.7 Å². The molecule has 1 heterocycles. The maximum Gasteiger partial charge on any atom is 0.137 e. The van der Waals surface area contributed by atoms with Gasteiger partial charge in [-0.25, -0.2) is 4.98 Å². The van der Waals surface area contributed by atoms with Gasteiger partial charge in [-0.3, -0.25) is 4.68 Å². The number of rotatable bonds is 7. The molecule has 0 amide bonds. The van der Waals surface area contributed by atoms with E-state index in [9.17, 15) is 0 Å². The normalized spacial score (nSPS) is 12.3. The number of aryl methyl sites for hydroxylation is 1. The molecular weight excluding hydrogens is 200 g/mol. The number of hydrogen-bond acceptors (Lipinski definition) is 3. The zero-order valence-electron chi connectivity index (χ0n) is 10.9. The fourth-order valence-corrected chi connectivity index (χ4v) is 1.33. The van der Waals surface area contributed by atoms with E-state index in [1.165, 1.54) is 0 Å². The summed E-state index contributed by atoms with van der Waals surface area (Å²) in [5.41, 5.74) is 0.368. The van der Waals surface area contributed by atoms with Gasteiger partial charge in [-0.2, -0.15) is 5.10 Å². The Morgan fingerprint density at radius 3 is 2.69 bits per heavy atom. The third kappa shape index (κ3) is 4.31. The largest absolute Gasteiger partial charge is 0.316 e. The van der Waals surface area contributed by atoms with Crippen molar-refractivity contribution < 1.29 is 0 Å². The molecule has 0 fully saturated rings. The molecule has 0 unspecified atom stereocenters. The van der Waals surface area contributed by atoms with Crippen molar-refractivity contribution in [3.63, 3.8) is 0 Å². The molecule has 1 aromatic rings. The molecule has 0 radical (unpaired) electrons. The minimum Gasteiger partial charge on any atom is -0.316 e. The van der Waals surface area contributed by atoms with Gasteiger partial charge in [0, 0.05) is 13.1 Å². The van der Waals surface area contributed by atoms with Crippen molar-refractivity contribution in [2.75, 3.05) is 13.1 Å². The van der Waals surface area contributed by atoms with Crippen molar-refractivity contribution in [2.45, 2.75) is 40.7 Å². The summed E-state index contributed by atoms with van der Waals surface area (Å²) in [5.74, 6) is 0.704. The Labute approximate surface area is 98.5 Å². The molecular formula is C12H24N4. The van der Waals surface area contributed by atoms with Crippen molar-refractivity contribution >= 4 is 0 Å². The molecule has 1 rings (SSSR count). The Balaban J connectivity index is 2.08. The van der Waals surface area contributed by atoms with Crippen LogP contribution in [0.15, 0.2) is 12.7 Å². The number of aromatic nitrogens is 3. The Bertz CT molecular complexity index is 277. The fraction of sp³-hybridized carbons (Fsp3) is 0.833. The van der Waals surface area contributed by atoms with E-state index < -0.39 is 0 Å². The topological polar surface area (TPSA) is 42.7 Å². The van der Waals surface area contributed by atoms with Crippen molar-refractivity contribution in [2.24, 2.45) is 11.3 Å². The first kappa shape index (κ1) is 13.2. The van der Waals surface area contributed by atoms with Crippen molar-refractivity contribution in [3.8, 4) is 0 Å².